The maximum absolute atomic E-state index is 13.5. The van der Waals surface area contributed by atoms with Crippen LogP contribution in [0.15, 0.2) is 47.3 Å². The number of aromatic nitrogens is 4. The molecule has 0 bridgehead atoms. The Morgan fingerprint density at radius 3 is 2.42 bits per heavy atom. The highest BCUT2D eigenvalue weighted by Gasteiger charge is 2.20. The summed E-state index contributed by atoms with van der Waals surface area (Å²) >= 11 is 0. The molecule has 9 heteroatoms. The van der Waals surface area contributed by atoms with Crippen LogP contribution in [0.4, 0.5) is 8.78 Å². The highest BCUT2D eigenvalue weighted by molar-refractivity contribution is 5.46. The normalized spacial score (nSPS) is 11.0. The van der Waals surface area contributed by atoms with Gasteiger partial charge in [0.05, 0.1) is 12.8 Å². The van der Waals surface area contributed by atoms with E-state index in [0.29, 0.717) is 11.5 Å². The maximum Gasteiger partial charge on any atom is 0.368 e. The van der Waals surface area contributed by atoms with Crippen LogP contribution >= 0.6 is 0 Å². The third-order valence-electron chi connectivity index (χ3n) is 3.81. The van der Waals surface area contributed by atoms with Crippen LogP contribution in [0.1, 0.15) is 17.6 Å². The maximum atomic E-state index is 13.5. The highest BCUT2D eigenvalue weighted by atomic mass is 19.3. The first-order valence-corrected chi connectivity index (χ1v) is 7.68. The molecule has 7 nitrogen and oxygen atoms in total. The monoisotopic (exact) mass is 362 g/mol. The van der Waals surface area contributed by atoms with Crippen LogP contribution in [-0.4, -0.2) is 26.9 Å². The molecule has 1 aromatic heterocycles. The number of hydrogen-bond donors (Lipinski definition) is 0. The number of hydrogen-bond acceptors (Lipinski definition) is 5. The minimum atomic E-state index is -2.74. The predicted octanol–water partition coefficient (Wildman–Crippen LogP) is 2.49. The van der Waals surface area contributed by atoms with Gasteiger partial charge in [0.15, 0.2) is 11.5 Å². The third kappa shape index (κ3) is 3.28. The molecule has 0 atom stereocenters. The molecule has 0 radical (unpaired) electrons. The third-order valence-corrected chi connectivity index (χ3v) is 3.81. The van der Waals surface area contributed by atoms with Crippen molar-refractivity contribution in [2.45, 2.75) is 13.0 Å². The lowest BCUT2D eigenvalue weighted by atomic mass is 10.1. The fourth-order valence-electron chi connectivity index (χ4n) is 2.50. The first-order valence-electron chi connectivity index (χ1n) is 7.68. The van der Waals surface area contributed by atoms with Crippen molar-refractivity contribution in [2.24, 2.45) is 7.05 Å². The molecule has 1 heterocycles. The van der Waals surface area contributed by atoms with Crippen LogP contribution in [-0.2, 0) is 13.7 Å². The van der Waals surface area contributed by atoms with E-state index in [0.717, 1.165) is 9.36 Å². The number of nitrogens with zero attached hydrogens (tertiary/aromatic N) is 4. The van der Waals surface area contributed by atoms with Crippen LogP contribution in [0.25, 0.3) is 5.69 Å². The van der Waals surface area contributed by atoms with E-state index in [-0.39, 0.29) is 23.4 Å². The van der Waals surface area contributed by atoms with Gasteiger partial charge in [-0.1, -0.05) is 24.3 Å². The Morgan fingerprint density at radius 2 is 1.81 bits per heavy atom. The van der Waals surface area contributed by atoms with E-state index in [9.17, 15) is 13.6 Å². The Bertz CT molecular complexity index is 969. The first-order chi connectivity index (χ1) is 12.5. The lowest BCUT2D eigenvalue weighted by Gasteiger charge is -2.15. The fourth-order valence-corrected chi connectivity index (χ4v) is 2.50. The lowest BCUT2D eigenvalue weighted by molar-refractivity contribution is 0.147. The summed E-state index contributed by atoms with van der Waals surface area (Å²) in [6, 6.07) is 11.1. The van der Waals surface area contributed by atoms with Gasteiger partial charge >= 0.3 is 5.69 Å². The van der Waals surface area contributed by atoms with E-state index in [2.05, 4.69) is 10.4 Å². The zero-order chi connectivity index (χ0) is 18.7. The summed E-state index contributed by atoms with van der Waals surface area (Å²) in [5, 5.41) is 7.35. The smallest absolute Gasteiger partial charge is 0.368 e. The van der Waals surface area contributed by atoms with Crippen molar-refractivity contribution < 1.29 is 18.3 Å². The summed E-state index contributed by atoms with van der Waals surface area (Å²) < 4.78 is 39.8. The largest absolute Gasteiger partial charge is 0.493 e. The number of alkyl halides is 2. The average Bonchev–Trinajstić information content (AvgIpc) is 2.98. The van der Waals surface area contributed by atoms with Crippen molar-refractivity contribution >= 4 is 0 Å². The fraction of sp³-hybridized carbons (Fsp3) is 0.235. The van der Waals surface area contributed by atoms with Crippen molar-refractivity contribution in [1.29, 1.82) is 0 Å². The summed E-state index contributed by atoms with van der Waals surface area (Å²) in [6.45, 7) is -0.195. The molecule has 0 aliphatic carbocycles. The van der Waals surface area contributed by atoms with Gasteiger partial charge in [-0.2, -0.15) is 9.36 Å². The first kappa shape index (κ1) is 17.6. The molecule has 0 unspecified atom stereocenters. The van der Waals surface area contributed by atoms with Gasteiger partial charge in [0.2, 0.25) is 0 Å². The molecule has 136 valence electrons. The Hall–Kier alpha value is -3.23. The second-order valence-corrected chi connectivity index (χ2v) is 5.38. The Balaban J connectivity index is 2.04. The van der Waals surface area contributed by atoms with Crippen LogP contribution in [0.2, 0.25) is 0 Å². The van der Waals surface area contributed by atoms with Gasteiger partial charge in [-0.25, -0.2) is 13.6 Å². The lowest BCUT2D eigenvalue weighted by Crippen LogP contribution is -2.23. The van der Waals surface area contributed by atoms with Crippen molar-refractivity contribution in [3.8, 4) is 17.2 Å². The molecule has 0 fully saturated rings. The number of methoxy groups -OCH3 is 1. The van der Waals surface area contributed by atoms with E-state index >= 15 is 0 Å². The summed E-state index contributed by atoms with van der Waals surface area (Å²) in [7, 11) is 2.91. The minimum absolute atomic E-state index is 0.149. The van der Waals surface area contributed by atoms with Gasteiger partial charge in [-0.3, -0.25) is 0 Å². The van der Waals surface area contributed by atoms with E-state index in [1.807, 2.05) is 0 Å². The Morgan fingerprint density at radius 1 is 1.08 bits per heavy atom. The molecule has 0 saturated heterocycles. The van der Waals surface area contributed by atoms with Crippen LogP contribution < -0.4 is 15.2 Å². The van der Waals surface area contributed by atoms with E-state index < -0.39 is 12.1 Å². The molecular weight excluding hydrogens is 346 g/mol. The summed E-state index contributed by atoms with van der Waals surface area (Å²) in [6.07, 6.45) is -2.74. The van der Waals surface area contributed by atoms with Gasteiger partial charge in [0, 0.05) is 18.2 Å². The number of benzene rings is 2. The van der Waals surface area contributed by atoms with Crippen molar-refractivity contribution in [2.75, 3.05) is 7.11 Å². The molecule has 0 amide bonds. The minimum Gasteiger partial charge on any atom is -0.493 e. The van der Waals surface area contributed by atoms with Gasteiger partial charge < -0.3 is 9.47 Å². The molecule has 0 aliphatic heterocycles. The molecule has 3 rings (SSSR count). The summed E-state index contributed by atoms with van der Waals surface area (Å²) in [4.78, 5) is 12.1. The second kappa shape index (κ2) is 7.34. The van der Waals surface area contributed by atoms with Crippen molar-refractivity contribution in [3.63, 3.8) is 0 Å². The molecule has 0 N–H and O–H groups in total. The molecule has 2 aromatic carbocycles. The quantitative estimate of drug-likeness (QED) is 0.674. The molecule has 0 aliphatic rings. The van der Waals surface area contributed by atoms with Crippen LogP contribution in [0.5, 0.6) is 11.5 Å². The zero-order valence-electron chi connectivity index (χ0n) is 14.1. The number of halogens is 2. The molecular formula is C17H16F2N4O3. The SMILES string of the molecule is COc1ccccc1OCc1c(C(F)F)cccc1-n1nnn(C)c1=O. The van der Waals surface area contributed by atoms with Gasteiger partial charge in [0.25, 0.3) is 6.43 Å². The van der Waals surface area contributed by atoms with E-state index in [4.69, 9.17) is 9.47 Å². The number of para-hydroxylation sites is 2. The predicted molar refractivity (Wildman–Crippen MR) is 88.9 cm³/mol. The van der Waals surface area contributed by atoms with Crippen LogP contribution in [0, 0.1) is 0 Å². The van der Waals surface area contributed by atoms with E-state index in [1.165, 1.54) is 32.4 Å². The molecule has 0 saturated carbocycles. The second-order valence-electron chi connectivity index (χ2n) is 5.38. The average molecular weight is 362 g/mol. The Kier molecular flexibility index (Phi) is 4.97. The number of aryl methyl sites for hydroxylation is 1. The van der Waals surface area contributed by atoms with Gasteiger partial charge in [-0.15, -0.1) is 0 Å². The van der Waals surface area contributed by atoms with Crippen LogP contribution in [0.3, 0.4) is 0 Å². The molecule has 26 heavy (non-hydrogen) atoms. The van der Waals surface area contributed by atoms with E-state index in [1.54, 1.807) is 24.3 Å². The summed E-state index contributed by atoms with van der Waals surface area (Å²) in [5.74, 6) is 0.872. The molecule has 3 aromatic rings. The summed E-state index contributed by atoms with van der Waals surface area (Å²) in [5.41, 5.74) is -0.447. The number of tetrazole rings is 1. The standard InChI is InChI=1S/C17H16F2N4O3/c1-22-17(24)23(21-20-22)13-7-5-6-11(16(18)19)12(13)10-26-15-9-4-3-8-14(15)25-2/h3-9,16H,10H2,1-2H3. The van der Waals surface area contributed by atoms with Gasteiger partial charge in [0.1, 0.15) is 6.61 Å². The highest BCUT2D eigenvalue weighted by Crippen LogP contribution is 2.31. The van der Waals surface area contributed by atoms with Gasteiger partial charge in [-0.05, 0) is 28.6 Å². The number of rotatable bonds is 6. The zero-order valence-corrected chi connectivity index (χ0v) is 14.1. The number of ether oxygens (including phenoxy) is 2. The topological polar surface area (TPSA) is 71.2 Å². The Labute approximate surface area is 147 Å². The van der Waals surface area contributed by atoms with Crippen molar-refractivity contribution in [1.82, 2.24) is 19.8 Å². The van der Waals surface area contributed by atoms with Crippen molar-refractivity contribution in [3.05, 3.63) is 64.1 Å². The molecule has 0 spiro atoms.